The van der Waals surface area contributed by atoms with Crippen molar-refractivity contribution in [3.8, 4) is 11.8 Å². The molecule has 0 amide bonds. The van der Waals surface area contributed by atoms with Gasteiger partial charge in [0.2, 0.25) is 0 Å². The molecule has 10 rings (SSSR count). The number of nitrogens with zero attached hydrogens (tertiary/aromatic N) is 8. The van der Waals surface area contributed by atoms with E-state index in [2.05, 4.69) is 94.0 Å². The summed E-state index contributed by atoms with van der Waals surface area (Å²) in [6.45, 7) is 8.25. The van der Waals surface area contributed by atoms with Gasteiger partial charge in [-0.25, -0.2) is 9.97 Å². The van der Waals surface area contributed by atoms with Crippen LogP contribution in [0.25, 0.3) is 0 Å². The minimum atomic E-state index is 0.249. The van der Waals surface area contributed by atoms with Gasteiger partial charge in [0.25, 0.3) is 0 Å². The Hall–Kier alpha value is -7.02. The van der Waals surface area contributed by atoms with E-state index in [1.54, 1.807) is 43.0 Å². The smallest absolute Gasteiger partial charge is 0.321 e. The van der Waals surface area contributed by atoms with E-state index in [1.807, 2.05) is 67.7 Å². The molecule has 0 bridgehead atoms. The highest BCUT2D eigenvalue weighted by Gasteiger charge is 2.19. The fourth-order valence-electron chi connectivity index (χ4n) is 6.35. The molecule has 12 nitrogen and oxygen atoms in total. The van der Waals surface area contributed by atoms with Crippen molar-refractivity contribution in [1.82, 2.24) is 24.9 Å². The molecule has 3 aromatic carbocycles. The second kappa shape index (κ2) is 18.3. The number of halogens is 2. The van der Waals surface area contributed by atoms with Crippen molar-refractivity contribution >= 4 is 57.8 Å². The van der Waals surface area contributed by atoms with Gasteiger partial charge in [0, 0.05) is 69.8 Å². The summed E-state index contributed by atoms with van der Waals surface area (Å²) in [6.07, 6.45) is 8.56. The van der Waals surface area contributed by atoms with E-state index in [0.717, 1.165) is 79.9 Å². The van der Waals surface area contributed by atoms with Crippen LogP contribution in [0, 0.1) is 20.8 Å². The Morgan fingerprint density at radius 2 is 0.883 bits per heavy atom. The predicted molar refractivity (Wildman–Crippen MR) is 240 cm³/mol. The van der Waals surface area contributed by atoms with E-state index in [-0.39, 0.29) is 6.01 Å². The molecule has 0 spiro atoms. The Kier molecular flexibility index (Phi) is 12.1. The molecule has 0 saturated heterocycles. The van der Waals surface area contributed by atoms with Crippen LogP contribution in [0.2, 0.25) is 10.0 Å². The molecular weight excluding hydrogens is 793 g/mol. The summed E-state index contributed by atoms with van der Waals surface area (Å²) in [5.74, 6) is 2.90. The number of amidine groups is 3. The number of rotatable bonds is 5. The van der Waals surface area contributed by atoms with Gasteiger partial charge in [-0.15, -0.1) is 0 Å². The van der Waals surface area contributed by atoms with Gasteiger partial charge in [-0.2, -0.15) is 0 Å². The minimum Gasteiger partial charge on any atom is -0.423 e. The van der Waals surface area contributed by atoms with E-state index in [4.69, 9.17) is 27.9 Å². The van der Waals surface area contributed by atoms with Crippen molar-refractivity contribution in [3.63, 3.8) is 0 Å². The van der Waals surface area contributed by atoms with Gasteiger partial charge in [-0.05, 0) is 104 Å². The third kappa shape index (κ3) is 9.47. The van der Waals surface area contributed by atoms with Gasteiger partial charge in [-0.1, -0.05) is 53.5 Å². The maximum absolute atomic E-state index is 6.29. The Balaban J connectivity index is 0.000000127. The van der Waals surface area contributed by atoms with Crippen molar-refractivity contribution < 1.29 is 4.74 Å². The molecule has 4 aromatic heterocycles. The number of fused-ring (bicyclic) bond motifs is 3. The molecule has 7 aromatic rings. The fourth-order valence-corrected chi connectivity index (χ4v) is 6.75. The lowest BCUT2D eigenvalue weighted by atomic mass is 10.1. The van der Waals surface area contributed by atoms with Crippen LogP contribution < -0.4 is 20.7 Å². The van der Waals surface area contributed by atoms with Crippen LogP contribution in [0.3, 0.4) is 0 Å². The van der Waals surface area contributed by atoms with Gasteiger partial charge in [0.1, 0.15) is 22.8 Å². The largest absolute Gasteiger partial charge is 0.423 e. The number of ether oxygens (including phenoxy) is 1. The average Bonchev–Trinajstić information content (AvgIpc) is 4.00. The molecule has 0 aliphatic carbocycles. The summed E-state index contributed by atoms with van der Waals surface area (Å²) in [5.41, 5.74) is 12.6. The normalized spacial score (nSPS) is 12.8. The number of anilines is 3. The van der Waals surface area contributed by atoms with Crippen LogP contribution in [-0.4, -0.2) is 42.4 Å². The maximum atomic E-state index is 6.29. The van der Waals surface area contributed by atoms with Crippen LogP contribution >= 0.6 is 23.2 Å². The highest BCUT2D eigenvalue weighted by Crippen LogP contribution is 2.31. The number of aliphatic imine (C=N–C) groups is 3. The number of benzene rings is 3. The molecule has 14 heteroatoms. The molecule has 7 heterocycles. The summed E-state index contributed by atoms with van der Waals surface area (Å²) in [4.78, 5) is 34.5. The Labute approximate surface area is 357 Å². The summed E-state index contributed by atoms with van der Waals surface area (Å²) in [7, 11) is 0. The zero-order valence-corrected chi connectivity index (χ0v) is 34.5. The zero-order chi connectivity index (χ0) is 41.4. The van der Waals surface area contributed by atoms with Crippen LogP contribution in [0.4, 0.5) is 17.1 Å². The lowest BCUT2D eigenvalue weighted by molar-refractivity contribution is 0.442. The van der Waals surface area contributed by atoms with Gasteiger partial charge < -0.3 is 20.7 Å². The molecule has 3 N–H and O–H groups in total. The first-order valence-corrected chi connectivity index (χ1v) is 19.9. The van der Waals surface area contributed by atoms with Gasteiger partial charge >= 0.3 is 6.01 Å². The molecule has 3 aliphatic rings. The molecule has 60 heavy (non-hydrogen) atoms. The molecule has 0 radical (unpaired) electrons. The first kappa shape index (κ1) is 39.8. The van der Waals surface area contributed by atoms with E-state index < -0.39 is 0 Å². The minimum absolute atomic E-state index is 0.249. The molecule has 0 atom stereocenters. The monoisotopic (exact) mass is 831 g/mol. The molecule has 0 saturated carbocycles. The van der Waals surface area contributed by atoms with Crippen molar-refractivity contribution in [2.45, 2.75) is 40.4 Å². The SMILES string of the molecule is Cc1ccc(NC2=NCc3cccnc32)cc1C.Cc1ccc(NC2=NCc3cccnc32)cc1Cl.Clc1cc(NC2=NCc3cccnc32)ccc1Oc1ncccn1. The van der Waals surface area contributed by atoms with Crippen LogP contribution in [0.5, 0.6) is 11.8 Å². The van der Waals surface area contributed by atoms with Crippen molar-refractivity contribution in [2.75, 3.05) is 16.0 Å². The Bertz CT molecular complexity index is 2660. The number of hydrogen-bond donors (Lipinski definition) is 3. The lowest BCUT2D eigenvalue weighted by Crippen LogP contribution is -2.13. The van der Waals surface area contributed by atoms with E-state index in [9.17, 15) is 0 Å². The van der Waals surface area contributed by atoms with Crippen LogP contribution in [-0.2, 0) is 19.6 Å². The number of aromatic nitrogens is 5. The summed E-state index contributed by atoms with van der Waals surface area (Å²) in [5, 5.41) is 11.1. The molecule has 3 aliphatic heterocycles. The first-order chi connectivity index (χ1) is 29.3. The van der Waals surface area contributed by atoms with E-state index in [0.29, 0.717) is 23.9 Å². The third-order valence-corrected chi connectivity index (χ3v) is 10.4. The van der Waals surface area contributed by atoms with Gasteiger partial charge in [0.05, 0.1) is 24.7 Å². The van der Waals surface area contributed by atoms with Gasteiger partial charge in [0.15, 0.2) is 17.5 Å². The summed E-state index contributed by atoms with van der Waals surface area (Å²) >= 11 is 12.4. The third-order valence-electron chi connectivity index (χ3n) is 9.71. The highest BCUT2D eigenvalue weighted by atomic mass is 35.5. The first-order valence-electron chi connectivity index (χ1n) is 19.1. The number of aryl methyl sites for hydroxylation is 3. The van der Waals surface area contributed by atoms with Crippen molar-refractivity contribution in [1.29, 1.82) is 0 Å². The lowest BCUT2D eigenvalue weighted by Gasteiger charge is -2.10. The van der Waals surface area contributed by atoms with Gasteiger partial charge in [-0.3, -0.25) is 29.9 Å². The summed E-state index contributed by atoms with van der Waals surface area (Å²) < 4.78 is 5.57. The summed E-state index contributed by atoms with van der Waals surface area (Å²) in [6, 6.07) is 31.5. The van der Waals surface area contributed by atoms with Crippen LogP contribution in [0.1, 0.15) is 50.5 Å². The molecular formula is C46H39Cl2N11O. The molecule has 298 valence electrons. The average molecular weight is 833 g/mol. The quantitative estimate of drug-likeness (QED) is 0.154. The molecule has 0 unspecified atom stereocenters. The van der Waals surface area contributed by atoms with Crippen LogP contribution in [0.15, 0.2) is 143 Å². The number of pyridine rings is 3. The highest BCUT2D eigenvalue weighted by molar-refractivity contribution is 6.32. The zero-order valence-electron chi connectivity index (χ0n) is 33.0. The van der Waals surface area contributed by atoms with E-state index in [1.165, 1.54) is 16.7 Å². The standard InChI is InChI=1S/C17H12ClN5O.C15H15N3.C14H12ClN3/c18-13-9-12(4-5-14(13)24-17-20-7-2-8-21-17)23-16-15-11(10-22-16)3-1-6-19-15;1-10-5-6-13(8-11(10)2)18-15-14-12(9-17-15)4-3-7-16-14;1-9-4-5-11(7-12(9)15)18-14-13-10(8-17-14)3-2-6-16-13/h1-9H,10H2,(H,22,23);3-8H,9H2,1-2H3,(H,17,18);2-7H,8H2,1H3,(H,17,18). The second-order valence-corrected chi connectivity index (χ2v) is 14.8. The number of hydrogen-bond acceptors (Lipinski definition) is 12. The topological polar surface area (TPSA) is 147 Å². The maximum Gasteiger partial charge on any atom is 0.321 e. The fraction of sp³-hybridized carbons (Fsp3) is 0.130. The second-order valence-electron chi connectivity index (χ2n) is 13.9. The van der Waals surface area contributed by atoms with E-state index >= 15 is 0 Å². The Morgan fingerprint density at radius 3 is 1.35 bits per heavy atom. The van der Waals surface area contributed by atoms with Crippen molar-refractivity contribution in [3.05, 3.63) is 189 Å². The Morgan fingerprint density at radius 1 is 0.450 bits per heavy atom. The van der Waals surface area contributed by atoms with Crippen molar-refractivity contribution in [2.24, 2.45) is 15.0 Å². The predicted octanol–water partition coefficient (Wildman–Crippen LogP) is 10.2. The number of nitrogens with one attached hydrogen (secondary N) is 3. The molecule has 0 fully saturated rings.